The van der Waals surface area contributed by atoms with E-state index in [1.165, 1.54) is 12.1 Å². The number of amides is 1. The third-order valence-corrected chi connectivity index (χ3v) is 7.39. The Morgan fingerprint density at radius 2 is 2.11 bits per heavy atom. The second kappa shape index (κ2) is 10.8. The summed E-state index contributed by atoms with van der Waals surface area (Å²) in [5.41, 5.74) is 8.85. The molecule has 1 aliphatic heterocycles. The lowest BCUT2D eigenvalue weighted by atomic mass is 10.1. The van der Waals surface area contributed by atoms with Crippen molar-refractivity contribution in [2.24, 2.45) is 5.73 Å². The third kappa shape index (κ3) is 6.16. The molecule has 10 nitrogen and oxygen atoms in total. The van der Waals surface area contributed by atoms with Crippen molar-refractivity contribution in [3.8, 4) is 0 Å². The molecule has 200 valence electrons. The number of sulfonamides is 1. The van der Waals surface area contributed by atoms with E-state index in [0.717, 1.165) is 50.0 Å². The van der Waals surface area contributed by atoms with E-state index in [1.54, 1.807) is 15.5 Å². The standard InChI is InChI=1S/C25H34ClN7O3S/c1-5-6-10-32(25(34)20-12-18(26)7-8-21(20)30-37(4,35)36)17(3)22-13-23-28-24(16(2)14-33(23)29-22)31-11-9-19(27)15-31/h7-8,12-14,17,19,30H,5-6,9-11,15,27H2,1-4H3/t17-,19-/m0/s1. The topological polar surface area (TPSA) is 126 Å². The number of fused-ring (bicyclic) bond motifs is 1. The molecule has 4 rings (SSSR count). The van der Waals surface area contributed by atoms with Crippen molar-refractivity contribution in [2.45, 2.75) is 52.1 Å². The average molecular weight is 548 g/mol. The molecular formula is C25H34ClN7O3S. The molecule has 2 atom stereocenters. The van der Waals surface area contributed by atoms with Crippen LogP contribution in [0.2, 0.25) is 5.02 Å². The van der Waals surface area contributed by atoms with Crippen LogP contribution in [0.4, 0.5) is 11.5 Å². The molecule has 12 heteroatoms. The third-order valence-electron chi connectivity index (χ3n) is 6.56. The number of halogens is 1. The van der Waals surface area contributed by atoms with E-state index in [0.29, 0.717) is 22.9 Å². The minimum absolute atomic E-state index is 0.143. The summed E-state index contributed by atoms with van der Waals surface area (Å²) in [4.78, 5) is 22.6. The fraction of sp³-hybridized carbons (Fsp3) is 0.480. The van der Waals surface area contributed by atoms with Crippen molar-refractivity contribution in [3.63, 3.8) is 0 Å². The number of rotatable bonds is 9. The Hall–Kier alpha value is -2.89. The Morgan fingerprint density at radius 3 is 2.76 bits per heavy atom. The maximum Gasteiger partial charge on any atom is 0.256 e. The van der Waals surface area contributed by atoms with E-state index in [-0.39, 0.29) is 23.2 Å². The molecule has 1 fully saturated rings. The molecule has 1 aromatic carbocycles. The van der Waals surface area contributed by atoms with Gasteiger partial charge in [-0.3, -0.25) is 9.52 Å². The molecule has 0 aliphatic carbocycles. The Labute approximate surface area is 222 Å². The van der Waals surface area contributed by atoms with Crippen LogP contribution in [0, 0.1) is 6.92 Å². The number of nitrogens with one attached hydrogen (secondary N) is 1. The first kappa shape index (κ1) is 27.2. The van der Waals surface area contributed by atoms with Crippen LogP contribution < -0.4 is 15.4 Å². The van der Waals surface area contributed by atoms with Crippen LogP contribution in [-0.4, -0.2) is 65.8 Å². The first-order valence-electron chi connectivity index (χ1n) is 12.4. The lowest BCUT2D eigenvalue weighted by Crippen LogP contribution is -2.35. The number of carbonyl (C=O) groups excluding carboxylic acids is 1. The quantitative estimate of drug-likeness (QED) is 0.419. The normalized spacial score (nSPS) is 16.8. The van der Waals surface area contributed by atoms with Gasteiger partial charge in [0.05, 0.1) is 29.2 Å². The zero-order valence-corrected chi connectivity index (χ0v) is 23.2. The minimum atomic E-state index is -3.60. The molecule has 1 amide bonds. The summed E-state index contributed by atoms with van der Waals surface area (Å²) in [5.74, 6) is 0.566. The van der Waals surface area contributed by atoms with Gasteiger partial charge in [0.15, 0.2) is 5.65 Å². The van der Waals surface area contributed by atoms with Gasteiger partial charge < -0.3 is 15.5 Å². The maximum atomic E-state index is 13.8. The molecule has 0 saturated carbocycles. The number of carbonyl (C=O) groups is 1. The highest BCUT2D eigenvalue weighted by Gasteiger charge is 2.28. The first-order chi connectivity index (χ1) is 17.5. The number of nitrogens with zero attached hydrogens (tertiary/aromatic N) is 5. The molecular weight excluding hydrogens is 514 g/mol. The molecule has 0 unspecified atom stereocenters. The van der Waals surface area contributed by atoms with Gasteiger partial charge in [0.25, 0.3) is 5.91 Å². The van der Waals surface area contributed by atoms with Crippen LogP contribution in [0.25, 0.3) is 5.65 Å². The predicted octanol–water partition coefficient (Wildman–Crippen LogP) is 3.60. The van der Waals surface area contributed by atoms with Crippen LogP contribution in [0.5, 0.6) is 0 Å². The van der Waals surface area contributed by atoms with E-state index in [2.05, 4.69) is 9.62 Å². The van der Waals surface area contributed by atoms with Crippen molar-refractivity contribution in [1.29, 1.82) is 0 Å². The summed E-state index contributed by atoms with van der Waals surface area (Å²) < 4.78 is 28.0. The first-order valence-corrected chi connectivity index (χ1v) is 14.7. The van der Waals surface area contributed by atoms with E-state index in [9.17, 15) is 13.2 Å². The van der Waals surface area contributed by atoms with Gasteiger partial charge in [-0.15, -0.1) is 0 Å². The lowest BCUT2D eigenvalue weighted by Gasteiger charge is -2.29. The predicted molar refractivity (Wildman–Crippen MR) is 147 cm³/mol. The number of hydrogen-bond acceptors (Lipinski definition) is 7. The average Bonchev–Trinajstić information content (AvgIpc) is 3.44. The van der Waals surface area contributed by atoms with Crippen LogP contribution >= 0.6 is 11.6 Å². The number of anilines is 2. The molecule has 37 heavy (non-hydrogen) atoms. The number of aromatic nitrogens is 3. The zero-order valence-electron chi connectivity index (χ0n) is 21.6. The molecule has 0 spiro atoms. The number of aryl methyl sites for hydroxylation is 1. The molecule has 1 aliphatic rings. The highest BCUT2D eigenvalue weighted by molar-refractivity contribution is 7.92. The lowest BCUT2D eigenvalue weighted by molar-refractivity contribution is 0.0685. The van der Waals surface area contributed by atoms with Crippen molar-refractivity contribution < 1.29 is 13.2 Å². The van der Waals surface area contributed by atoms with Gasteiger partial charge in [-0.05, 0) is 44.9 Å². The minimum Gasteiger partial charge on any atom is -0.355 e. The van der Waals surface area contributed by atoms with E-state index >= 15 is 0 Å². The van der Waals surface area contributed by atoms with Gasteiger partial charge in [-0.1, -0.05) is 24.9 Å². The van der Waals surface area contributed by atoms with Gasteiger partial charge in [-0.25, -0.2) is 17.9 Å². The molecule has 2 aromatic heterocycles. The van der Waals surface area contributed by atoms with Crippen LogP contribution in [-0.2, 0) is 10.0 Å². The van der Waals surface area contributed by atoms with Gasteiger partial charge in [0, 0.05) is 48.5 Å². The molecule has 3 N–H and O–H groups in total. The molecule has 0 bridgehead atoms. The summed E-state index contributed by atoms with van der Waals surface area (Å²) >= 11 is 6.20. The Bertz CT molecular complexity index is 1410. The largest absolute Gasteiger partial charge is 0.355 e. The number of nitrogens with two attached hydrogens (primary N) is 1. The number of benzene rings is 1. The summed E-state index contributed by atoms with van der Waals surface area (Å²) in [5, 5.41) is 5.08. The molecule has 0 radical (unpaired) electrons. The van der Waals surface area contributed by atoms with Gasteiger partial charge in [-0.2, -0.15) is 5.10 Å². The van der Waals surface area contributed by atoms with Gasteiger partial charge in [0.2, 0.25) is 10.0 Å². The summed E-state index contributed by atoms with van der Waals surface area (Å²) in [7, 11) is -3.60. The van der Waals surface area contributed by atoms with E-state index < -0.39 is 16.1 Å². The van der Waals surface area contributed by atoms with Crippen molar-refractivity contribution in [1.82, 2.24) is 19.5 Å². The highest BCUT2D eigenvalue weighted by atomic mass is 35.5. The Kier molecular flexibility index (Phi) is 7.96. The number of unbranched alkanes of at least 4 members (excludes halogenated alkanes) is 1. The molecule has 3 aromatic rings. The molecule has 3 heterocycles. The highest BCUT2D eigenvalue weighted by Crippen LogP contribution is 2.29. The SMILES string of the molecule is CCCCN(C(=O)c1cc(Cl)ccc1NS(C)(=O)=O)[C@@H](C)c1cc2nc(N3CC[C@H](N)C3)c(C)cn2n1. The van der Waals surface area contributed by atoms with E-state index in [4.69, 9.17) is 27.4 Å². The zero-order chi connectivity index (χ0) is 26.9. The van der Waals surface area contributed by atoms with Crippen LogP contribution in [0.3, 0.4) is 0 Å². The fourth-order valence-electron chi connectivity index (χ4n) is 4.62. The van der Waals surface area contributed by atoms with Gasteiger partial charge in [0.1, 0.15) is 5.82 Å². The molecule has 1 saturated heterocycles. The smallest absolute Gasteiger partial charge is 0.256 e. The van der Waals surface area contributed by atoms with Crippen molar-refractivity contribution >= 4 is 44.7 Å². The Morgan fingerprint density at radius 1 is 1.35 bits per heavy atom. The van der Waals surface area contributed by atoms with Crippen molar-refractivity contribution in [3.05, 3.63) is 52.3 Å². The summed E-state index contributed by atoms with van der Waals surface area (Å²) in [6.07, 6.45) is 5.58. The van der Waals surface area contributed by atoms with Crippen molar-refractivity contribution in [2.75, 3.05) is 35.5 Å². The summed E-state index contributed by atoms with van der Waals surface area (Å²) in [6.45, 7) is 8.07. The summed E-state index contributed by atoms with van der Waals surface area (Å²) in [6, 6.07) is 6.18. The fourth-order valence-corrected chi connectivity index (χ4v) is 5.37. The van der Waals surface area contributed by atoms with Gasteiger partial charge >= 0.3 is 0 Å². The van der Waals surface area contributed by atoms with Crippen LogP contribution in [0.15, 0.2) is 30.5 Å². The second-order valence-corrected chi connectivity index (χ2v) is 11.9. The Balaban J connectivity index is 1.69. The number of hydrogen-bond donors (Lipinski definition) is 2. The second-order valence-electron chi connectivity index (χ2n) is 9.71. The van der Waals surface area contributed by atoms with Crippen LogP contribution in [0.1, 0.15) is 60.8 Å². The van der Waals surface area contributed by atoms with E-state index in [1.807, 2.05) is 33.0 Å². The maximum absolute atomic E-state index is 13.8. The monoisotopic (exact) mass is 547 g/mol.